The maximum atomic E-state index is 10.3. The topological polar surface area (TPSA) is 66.6 Å². The Morgan fingerprint density at radius 2 is 2.09 bits per heavy atom. The molecule has 1 aliphatic rings. The molecule has 0 atom stereocenters. The van der Waals surface area contributed by atoms with Crippen LogP contribution >= 0.6 is 0 Å². The van der Waals surface area contributed by atoms with Gasteiger partial charge in [0, 0.05) is 19.1 Å². The summed E-state index contributed by atoms with van der Waals surface area (Å²) in [6, 6.07) is 0.278. The summed E-state index contributed by atoms with van der Waals surface area (Å²) in [4.78, 5) is 12.2. The van der Waals surface area contributed by atoms with Crippen LogP contribution in [0, 0.1) is 0 Å². The van der Waals surface area contributed by atoms with Gasteiger partial charge in [-0.15, -0.1) is 0 Å². The summed E-state index contributed by atoms with van der Waals surface area (Å²) < 4.78 is 0. The van der Waals surface area contributed by atoms with Crippen LogP contribution in [0.3, 0.4) is 0 Å². The van der Waals surface area contributed by atoms with E-state index in [1.807, 2.05) is 4.90 Å². The Morgan fingerprint density at radius 3 is 2.55 bits per heavy atom. The summed E-state index contributed by atoms with van der Waals surface area (Å²) in [5.74, 6) is -0.750. The van der Waals surface area contributed by atoms with Crippen molar-refractivity contribution >= 4 is 5.97 Å². The van der Waals surface area contributed by atoms with Crippen molar-refractivity contribution in [2.24, 2.45) is 5.73 Å². The number of hydrogen-bond donors (Lipinski definition) is 2. The van der Waals surface area contributed by atoms with Crippen LogP contribution in [0.25, 0.3) is 0 Å². The molecule has 1 heterocycles. The molecule has 0 bridgehead atoms. The van der Waals surface area contributed by atoms with Gasteiger partial charge in [0.2, 0.25) is 0 Å². The monoisotopic (exact) mass is 158 g/mol. The molecule has 0 aromatic rings. The van der Waals surface area contributed by atoms with Crippen LogP contribution in [0.5, 0.6) is 0 Å². The highest BCUT2D eigenvalue weighted by Gasteiger charge is 2.17. The standard InChI is InChI=1S/C7H14N2O2/c8-6-1-3-9(4-2-6)5-7(10)11/h6H,1-5,8H2,(H,10,11). The molecule has 64 valence electrons. The number of carboxylic acids is 1. The van der Waals surface area contributed by atoms with Crippen LogP contribution in [-0.4, -0.2) is 41.7 Å². The number of hydrogen-bond acceptors (Lipinski definition) is 3. The number of carboxylic acid groups (broad SMARTS) is 1. The first-order valence-corrected chi connectivity index (χ1v) is 3.88. The summed E-state index contributed by atoms with van der Waals surface area (Å²) >= 11 is 0. The molecule has 4 nitrogen and oxygen atoms in total. The Labute approximate surface area is 66.0 Å². The van der Waals surface area contributed by atoms with Gasteiger partial charge in [-0.3, -0.25) is 9.69 Å². The van der Waals surface area contributed by atoms with Crippen LogP contribution in [0.1, 0.15) is 12.8 Å². The van der Waals surface area contributed by atoms with Gasteiger partial charge in [-0.1, -0.05) is 0 Å². The van der Waals surface area contributed by atoms with Gasteiger partial charge in [-0.05, 0) is 12.8 Å². The minimum absolute atomic E-state index is 0.159. The second kappa shape index (κ2) is 3.69. The van der Waals surface area contributed by atoms with Gasteiger partial charge in [-0.25, -0.2) is 0 Å². The van der Waals surface area contributed by atoms with Gasteiger partial charge < -0.3 is 10.8 Å². The first-order valence-electron chi connectivity index (χ1n) is 3.88. The zero-order valence-electron chi connectivity index (χ0n) is 6.49. The zero-order valence-corrected chi connectivity index (χ0v) is 6.49. The predicted octanol–water partition coefficient (Wildman–Crippen LogP) is -0.506. The molecule has 0 spiro atoms. The van der Waals surface area contributed by atoms with Crippen LogP contribution in [0.4, 0.5) is 0 Å². The van der Waals surface area contributed by atoms with E-state index in [0.29, 0.717) is 0 Å². The minimum atomic E-state index is -0.750. The maximum Gasteiger partial charge on any atom is 0.317 e. The molecule has 0 aromatic heterocycles. The first kappa shape index (κ1) is 8.49. The highest BCUT2D eigenvalue weighted by atomic mass is 16.4. The fraction of sp³-hybridized carbons (Fsp3) is 0.857. The molecule has 4 heteroatoms. The lowest BCUT2D eigenvalue weighted by molar-refractivity contribution is -0.138. The van der Waals surface area contributed by atoms with Gasteiger partial charge >= 0.3 is 5.97 Å². The lowest BCUT2D eigenvalue weighted by Crippen LogP contribution is -2.41. The number of nitrogens with zero attached hydrogens (tertiary/aromatic N) is 1. The van der Waals surface area contributed by atoms with Gasteiger partial charge in [0.15, 0.2) is 0 Å². The van der Waals surface area contributed by atoms with E-state index >= 15 is 0 Å². The van der Waals surface area contributed by atoms with Crippen molar-refractivity contribution in [3.63, 3.8) is 0 Å². The van der Waals surface area contributed by atoms with Gasteiger partial charge in [0.05, 0.1) is 6.54 Å². The third-order valence-corrected chi connectivity index (χ3v) is 1.99. The molecule has 1 aliphatic heterocycles. The number of piperidine rings is 1. The second-order valence-electron chi connectivity index (χ2n) is 3.01. The number of likely N-dealkylation sites (tertiary alicyclic amines) is 1. The third-order valence-electron chi connectivity index (χ3n) is 1.99. The summed E-state index contributed by atoms with van der Waals surface area (Å²) in [6.45, 7) is 1.81. The van der Waals surface area contributed by atoms with Crippen molar-refractivity contribution in [2.75, 3.05) is 19.6 Å². The Hall–Kier alpha value is -0.610. The number of rotatable bonds is 2. The summed E-state index contributed by atoms with van der Waals surface area (Å²) in [5, 5.41) is 8.46. The number of carbonyl (C=O) groups is 1. The summed E-state index contributed by atoms with van der Waals surface area (Å²) in [6.07, 6.45) is 1.85. The van der Waals surface area contributed by atoms with Gasteiger partial charge in [-0.2, -0.15) is 0 Å². The molecule has 11 heavy (non-hydrogen) atoms. The van der Waals surface area contributed by atoms with Crippen LogP contribution < -0.4 is 5.73 Å². The molecule has 0 aromatic carbocycles. The fourth-order valence-electron chi connectivity index (χ4n) is 1.30. The smallest absolute Gasteiger partial charge is 0.317 e. The Kier molecular flexibility index (Phi) is 2.84. The highest BCUT2D eigenvalue weighted by Crippen LogP contribution is 2.06. The lowest BCUT2D eigenvalue weighted by Gasteiger charge is -2.28. The van der Waals surface area contributed by atoms with E-state index in [4.69, 9.17) is 10.8 Å². The quantitative estimate of drug-likeness (QED) is 0.568. The van der Waals surface area contributed by atoms with E-state index in [1.165, 1.54) is 0 Å². The van der Waals surface area contributed by atoms with Gasteiger partial charge in [0.25, 0.3) is 0 Å². The average molecular weight is 158 g/mol. The zero-order chi connectivity index (χ0) is 8.27. The Morgan fingerprint density at radius 1 is 1.55 bits per heavy atom. The third kappa shape index (κ3) is 2.86. The van der Waals surface area contributed by atoms with Crippen molar-refractivity contribution in [3.05, 3.63) is 0 Å². The maximum absolute atomic E-state index is 10.3. The van der Waals surface area contributed by atoms with Crippen molar-refractivity contribution in [1.29, 1.82) is 0 Å². The summed E-state index contributed by atoms with van der Waals surface area (Å²) in [7, 11) is 0. The molecule has 0 aliphatic carbocycles. The normalized spacial score (nSPS) is 21.9. The molecule has 0 saturated carbocycles. The first-order chi connectivity index (χ1) is 5.18. The van der Waals surface area contributed by atoms with E-state index in [-0.39, 0.29) is 12.6 Å². The Bertz CT molecular complexity index is 141. The van der Waals surface area contributed by atoms with Crippen molar-refractivity contribution in [1.82, 2.24) is 4.90 Å². The van der Waals surface area contributed by atoms with Crippen LogP contribution in [0.15, 0.2) is 0 Å². The Balaban J connectivity index is 2.22. The fourth-order valence-corrected chi connectivity index (χ4v) is 1.30. The minimum Gasteiger partial charge on any atom is -0.480 e. The largest absolute Gasteiger partial charge is 0.480 e. The van der Waals surface area contributed by atoms with Crippen molar-refractivity contribution in [2.45, 2.75) is 18.9 Å². The number of nitrogens with two attached hydrogens (primary N) is 1. The molecule has 1 rings (SSSR count). The molecular weight excluding hydrogens is 144 g/mol. The molecule has 1 saturated heterocycles. The van der Waals surface area contributed by atoms with Crippen molar-refractivity contribution in [3.8, 4) is 0 Å². The SMILES string of the molecule is NC1CCN(CC(=O)O)CC1. The van der Waals surface area contributed by atoms with E-state index in [2.05, 4.69) is 0 Å². The second-order valence-corrected chi connectivity index (χ2v) is 3.01. The van der Waals surface area contributed by atoms with Crippen LogP contribution in [-0.2, 0) is 4.79 Å². The summed E-state index contributed by atoms with van der Waals surface area (Å²) in [5.41, 5.74) is 5.65. The van der Waals surface area contributed by atoms with E-state index in [1.54, 1.807) is 0 Å². The highest BCUT2D eigenvalue weighted by molar-refractivity contribution is 5.69. The van der Waals surface area contributed by atoms with E-state index in [9.17, 15) is 4.79 Å². The molecule has 0 radical (unpaired) electrons. The molecular formula is C7H14N2O2. The van der Waals surface area contributed by atoms with E-state index < -0.39 is 5.97 Å². The number of aliphatic carboxylic acids is 1. The molecule has 1 fully saturated rings. The molecule has 0 amide bonds. The molecule has 0 unspecified atom stereocenters. The average Bonchev–Trinajstić information content (AvgIpc) is 1.93. The lowest BCUT2D eigenvalue weighted by atomic mass is 10.1. The predicted molar refractivity (Wildman–Crippen MR) is 41.3 cm³/mol. The van der Waals surface area contributed by atoms with E-state index in [0.717, 1.165) is 25.9 Å². The van der Waals surface area contributed by atoms with Gasteiger partial charge in [0.1, 0.15) is 0 Å². The molecule has 3 N–H and O–H groups in total. The van der Waals surface area contributed by atoms with Crippen molar-refractivity contribution < 1.29 is 9.90 Å². The van der Waals surface area contributed by atoms with Crippen LogP contribution in [0.2, 0.25) is 0 Å².